The van der Waals surface area contributed by atoms with Gasteiger partial charge in [0.2, 0.25) is 11.8 Å². The van der Waals surface area contributed by atoms with Crippen LogP contribution in [0, 0.1) is 0 Å². The maximum Gasteiger partial charge on any atom is 0.277 e. The van der Waals surface area contributed by atoms with Gasteiger partial charge in [0.15, 0.2) is 0 Å². The van der Waals surface area contributed by atoms with Crippen LogP contribution in [0.2, 0.25) is 0 Å². The van der Waals surface area contributed by atoms with Crippen molar-refractivity contribution in [2.24, 2.45) is 0 Å². The maximum atomic E-state index is 12.1. The van der Waals surface area contributed by atoms with E-state index in [0.717, 1.165) is 44.3 Å². The number of carbonyl (C=O) groups is 1. The van der Waals surface area contributed by atoms with E-state index in [1.54, 1.807) is 0 Å². The average molecular weight is 392 g/mol. The second-order valence-electron chi connectivity index (χ2n) is 5.96. The van der Waals surface area contributed by atoms with Crippen molar-refractivity contribution < 1.29 is 18.7 Å². The van der Waals surface area contributed by atoms with Crippen molar-refractivity contribution in [2.75, 3.05) is 50.5 Å². The van der Waals surface area contributed by atoms with Crippen LogP contribution in [0.15, 0.2) is 33.9 Å². The summed E-state index contributed by atoms with van der Waals surface area (Å²) in [7, 11) is 0. The molecular weight excluding hydrogens is 368 g/mol. The highest BCUT2D eigenvalue weighted by Gasteiger charge is 2.13. The van der Waals surface area contributed by atoms with Crippen LogP contribution in [0.3, 0.4) is 0 Å². The molecule has 1 fully saturated rings. The van der Waals surface area contributed by atoms with E-state index in [4.69, 9.17) is 13.9 Å². The average Bonchev–Trinajstić information content (AvgIpc) is 3.15. The Hall–Kier alpha value is -2.10. The minimum absolute atomic E-state index is 0.128. The summed E-state index contributed by atoms with van der Waals surface area (Å²) >= 11 is 1.23. The topological polar surface area (TPSA) is 89.7 Å². The number of anilines is 1. The lowest BCUT2D eigenvalue weighted by molar-refractivity contribution is -0.113. The van der Waals surface area contributed by atoms with Crippen LogP contribution in [0.5, 0.6) is 5.75 Å². The van der Waals surface area contributed by atoms with E-state index in [1.165, 1.54) is 11.8 Å². The van der Waals surface area contributed by atoms with Gasteiger partial charge in [-0.3, -0.25) is 9.69 Å². The Morgan fingerprint density at radius 3 is 2.78 bits per heavy atom. The van der Waals surface area contributed by atoms with Crippen molar-refractivity contribution in [1.29, 1.82) is 0 Å². The first-order chi connectivity index (χ1) is 13.2. The van der Waals surface area contributed by atoms with Crippen molar-refractivity contribution in [3.8, 4) is 5.75 Å². The number of nitrogens with zero attached hydrogens (tertiary/aromatic N) is 3. The molecule has 2 aromatic rings. The van der Waals surface area contributed by atoms with Gasteiger partial charge in [-0.15, -0.1) is 10.2 Å². The van der Waals surface area contributed by atoms with Crippen LogP contribution >= 0.6 is 11.8 Å². The molecule has 2 heterocycles. The predicted octanol–water partition coefficient (Wildman–Crippen LogP) is 2.07. The lowest BCUT2D eigenvalue weighted by atomic mass is 10.3. The summed E-state index contributed by atoms with van der Waals surface area (Å²) in [5, 5.41) is 11.3. The number of rotatable bonds is 9. The van der Waals surface area contributed by atoms with E-state index in [2.05, 4.69) is 20.4 Å². The SMILES string of the molecule is CCOc1ccc(NC(=O)CSc2nnc(CCN3CCOCC3)o2)cc1. The third-order valence-corrected chi connectivity index (χ3v) is 4.79. The van der Waals surface area contributed by atoms with Gasteiger partial charge in [0, 0.05) is 31.7 Å². The van der Waals surface area contributed by atoms with Gasteiger partial charge in [0.25, 0.3) is 5.22 Å². The van der Waals surface area contributed by atoms with Gasteiger partial charge < -0.3 is 19.2 Å². The number of amides is 1. The Balaban J connectivity index is 1.39. The summed E-state index contributed by atoms with van der Waals surface area (Å²) in [6, 6.07) is 7.27. The molecule has 0 saturated carbocycles. The Morgan fingerprint density at radius 1 is 1.26 bits per heavy atom. The minimum Gasteiger partial charge on any atom is -0.494 e. The van der Waals surface area contributed by atoms with E-state index in [0.29, 0.717) is 24.1 Å². The highest BCUT2D eigenvalue weighted by molar-refractivity contribution is 7.99. The number of carbonyl (C=O) groups excluding carboxylic acids is 1. The molecule has 0 radical (unpaired) electrons. The molecule has 0 bridgehead atoms. The number of aromatic nitrogens is 2. The summed E-state index contributed by atoms with van der Waals surface area (Å²) in [4.78, 5) is 14.4. The normalized spacial score (nSPS) is 14.9. The van der Waals surface area contributed by atoms with Crippen LogP contribution in [-0.2, 0) is 16.0 Å². The van der Waals surface area contributed by atoms with Gasteiger partial charge in [0.05, 0.1) is 25.6 Å². The van der Waals surface area contributed by atoms with Gasteiger partial charge in [-0.05, 0) is 31.2 Å². The molecule has 1 aromatic carbocycles. The van der Waals surface area contributed by atoms with Gasteiger partial charge in [-0.1, -0.05) is 11.8 Å². The Morgan fingerprint density at radius 2 is 2.04 bits per heavy atom. The van der Waals surface area contributed by atoms with Crippen molar-refractivity contribution in [1.82, 2.24) is 15.1 Å². The molecule has 1 amide bonds. The summed E-state index contributed by atoms with van der Waals surface area (Å²) in [6.07, 6.45) is 0.700. The van der Waals surface area contributed by atoms with Crippen LogP contribution in [0.4, 0.5) is 5.69 Å². The summed E-state index contributed by atoms with van der Waals surface area (Å²) in [6.45, 7) is 6.82. The molecule has 3 rings (SSSR count). The van der Waals surface area contributed by atoms with Gasteiger partial charge in [0.1, 0.15) is 5.75 Å². The number of benzene rings is 1. The molecule has 0 unspecified atom stereocenters. The van der Waals surface area contributed by atoms with E-state index < -0.39 is 0 Å². The quantitative estimate of drug-likeness (QED) is 0.649. The molecule has 0 atom stereocenters. The second-order valence-corrected chi connectivity index (χ2v) is 6.89. The van der Waals surface area contributed by atoms with E-state index >= 15 is 0 Å². The summed E-state index contributed by atoms with van der Waals surface area (Å²) in [5.74, 6) is 1.45. The molecule has 27 heavy (non-hydrogen) atoms. The first-order valence-electron chi connectivity index (χ1n) is 9.01. The monoisotopic (exact) mass is 392 g/mol. The van der Waals surface area contributed by atoms with Crippen LogP contribution in [0.1, 0.15) is 12.8 Å². The standard InChI is InChI=1S/C18H24N4O4S/c1-2-25-15-5-3-14(4-6-15)19-16(23)13-27-18-21-20-17(26-18)7-8-22-9-11-24-12-10-22/h3-6H,2,7-13H2,1H3,(H,19,23). The Labute approximate surface area is 162 Å². The molecule has 9 heteroatoms. The van der Waals surface area contributed by atoms with Crippen molar-refractivity contribution in [3.05, 3.63) is 30.2 Å². The number of hydrogen-bond donors (Lipinski definition) is 1. The zero-order chi connectivity index (χ0) is 18.9. The third-order valence-electron chi connectivity index (χ3n) is 3.97. The fourth-order valence-corrected chi connectivity index (χ4v) is 3.18. The fraction of sp³-hybridized carbons (Fsp3) is 0.500. The number of thioether (sulfide) groups is 1. The van der Waals surface area contributed by atoms with E-state index in [-0.39, 0.29) is 11.7 Å². The van der Waals surface area contributed by atoms with Crippen molar-refractivity contribution in [2.45, 2.75) is 18.6 Å². The van der Waals surface area contributed by atoms with Gasteiger partial charge in [-0.25, -0.2) is 0 Å². The van der Waals surface area contributed by atoms with Crippen molar-refractivity contribution >= 4 is 23.4 Å². The highest BCUT2D eigenvalue weighted by Crippen LogP contribution is 2.19. The van der Waals surface area contributed by atoms with E-state index in [1.807, 2.05) is 31.2 Å². The molecule has 0 aliphatic carbocycles. The van der Waals surface area contributed by atoms with E-state index in [9.17, 15) is 4.79 Å². The molecule has 1 aromatic heterocycles. The maximum absolute atomic E-state index is 12.1. The first kappa shape index (κ1) is 19.7. The lowest BCUT2D eigenvalue weighted by Gasteiger charge is -2.25. The first-order valence-corrected chi connectivity index (χ1v) is 9.99. The molecule has 1 saturated heterocycles. The van der Waals surface area contributed by atoms with Crippen LogP contribution < -0.4 is 10.1 Å². The molecule has 1 aliphatic rings. The lowest BCUT2D eigenvalue weighted by Crippen LogP contribution is -2.37. The molecule has 1 N–H and O–H groups in total. The Bertz CT molecular complexity index is 716. The second kappa shape index (κ2) is 10.3. The molecule has 1 aliphatic heterocycles. The molecular formula is C18H24N4O4S. The van der Waals surface area contributed by atoms with Gasteiger partial charge >= 0.3 is 0 Å². The third kappa shape index (κ3) is 6.53. The summed E-state index contributed by atoms with van der Waals surface area (Å²) < 4.78 is 16.3. The fourth-order valence-electron chi connectivity index (χ4n) is 2.60. The predicted molar refractivity (Wildman–Crippen MR) is 102 cm³/mol. The molecule has 0 spiro atoms. The number of morpholine rings is 1. The van der Waals surface area contributed by atoms with Gasteiger partial charge in [-0.2, -0.15) is 0 Å². The summed E-state index contributed by atoms with van der Waals surface area (Å²) in [5.41, 5.74) is 0.723. The molecule has 8 nitrogen and oxygen atoms in total. The minimum atomic E-state index is -0.128. The van der Waals surface area contributed by atoms with Crippen molar-refractivity contribution in [3.63, 3.8) is 0 Å². The smallest absolute Gasteiger partial charge is 0.277 e. The number of ether oxygens (including phenoxy) is 2. The largest absolute Gasteiger partial charge is 0.494 e. The zero-order valence-corrected chi connectivity index (χ0v) is 16.2. The van der Waals surface area contributed by atoms with Crippen LogP contribution in [-0.4, -0.2) is 66.2 Å². The zero-order valence-electron chi connectivity index (χ0n) is 15.3. The number of hydrogen-bond acceptors (Lipinski definition) is 8. The van der Waals surface area contributed by atoms with Crippen LogP contribution in [0.25, 0.3) is 0 Å². The molecule has 146 valence electrons. The Kier molecular flexibility index (Phi) is 7.49. The number of nitrogens with one attached hydrogen (secondary N) is 1. The highest BCUT2D eigenvalue weighted by atomic mass is 32.2.